The molecule has 2 N–H and O–H groups in total. The maximum atomic E-state index is 12.4. The van der Waals surface area contributed by atoms with Gasteiger partial charge in [-0.2, -0.15) is 0 Å². The third-order valence-corrected chi connectivity index (χ3v) is 6.19. The minimum absolute atomic E-state index is 0.00516. The van der Waals surface area contributed by atoms with Gasteiger partial charge < -0.3 is 24.8 Å². The number of carboxylic acid groups (broad SMARTS) is 1. The molecule has 2 aliphatic rings. The van der Waals surface area contributed by atoms with Crippen LogP contribution in [0.3, 0.4) is 0 Å². The highest BCUT2D eigenvalue weighted by Gasteiger charge is 2.29. The number of nitrogens with one attached hydrogen (secondary N) is 1. The smallest absolute Gasteiger partial charge is 0.407 e. The molecular weight excluding hydrogens is 424 g/mol. The number of nitrogens with zero attached hydrogens (tertiary/aromatic N) is 1. The Morgan fingerprint density at radius 2 is 1.58 bits per heavy atom. The number of hydrogen-bond acceptors (Lipinski definition) is 5. The van der Waals surface area contributed by atoms with Gasteiger partial charge in [0.15, 0.2) is 0 Å². The first-order valence-corrected chi connectivity index (χ1v) is 11.2. The Labute approximate surface area is 192 Å². The first kappa shape index (κ1) is 22.8. The van der Waals surface area contributed by atoms with Crippen molar-refractivity contribution in [3.63, 3.8) is 0 Å². The average Bonchev–Trinajstić information content (AvgIpc) is 3.15. The zero-order valence-electron chi connectivity index (χ0n) is 18.4. The normalized spacial score (nSPS) is 15.6. The Hall–Kier alpha value is -3.39. The molecule has 0 atom stereocenters. The molecule has 2 aromatic rings. The van der Waals surface area contributed by atoms with Crippen LogP contribution < -0.4 is 5.32 Å². The Bertz CT molecular complexity index is 970. The van der Waals surface area contributed by atoms with E-state index in [2.05, 4.69) is 29.6 Å². The van der Waals surface area contributed by atoms with Crippen LogP contribution in [0.25, 0.3) is 11.1 Å². The number of hydrogen-bond donors (Lipinski definition) is 2. The van der Waals surface area contributed by atoms with Crippen LogP contribution >= 0.6 is 0 Å². The molecule has 8 heteroatoms. The highest BCUT2D eigenvalue weighted by atomic mass is 16.5. The van der Waals surface area contributed by atoms with Crippen LogP contribution in [-0.2, 0) is 19.1 Å². The van der Waals surface area contributed by atoms with E-state index in [4.69, 9.17) is 14.6 Å². The number of likely N-dealkylation sites (tertiary alicyclic amines) is 1. The molecule has 0 spiro atoms. The van der Waals surface area contributed by atoms with Crippen LogP contribution in [0.15, 0.2) is 48.5 Å². The molecule has 174 valence electrons. The molecule has 0 unspecified atom stereocenters. The number of ether oxygens (including phenoxy) is 2. The van der Waals surface area contributed by atoms with Crippen molar-refractivity contribution < 1.29 is 29.0 Å². The van der Waals surface area contributed by atoms with Crippen molar-refractivity contribution in [1.82, 2.24) is 10.2 Å². The fourth-order valence-electron chi connectivity index (χ4n) is 4.54. The highest BCUT2D eigenvalue weighted by Crippen LogP contribution is 2.44. The van der Waals surface area contributed by atoms with Gasteiger partial charge in [-0.05, 0) is 35.1 Å². The number of rotatable bonds is 8. The molecule has 1 aliphatic heterocycles. The number of aliphatic carboxylic acids is 1. The molecular formula is C25H28N2O6. The Morgan fingerprint density at radius 3 is 2.18 bits per heavy atom. The monoisotopic (exact) mass is 452 g/mol. The van der Waals surface area contributed by atoms with Gasteiger partial charge in [0.1, 0.15) is 13.2 Å². The van der Waals surface area contributed by atoms with Crippen molar-refractivity contribution in [3.05, 3.63) is 59.7 Å². The van der Waals surface area contributed by atoms with Gasteiger partial charge in [-0.3, -0.25) is 4.79 Å². The molecule has 33 heavy (non-hydrogen) atoms. The third kappa shape index (κ3) is 5.51. The van der Waals surface area contributed by atoms with E-state index in [1.807, 2.05) is 24.3 Å². The molecule has 1 fully saturated rings. The van der Waals surface area contributed by atoms with E-state index in [1.165, 1.54) is 11.1 Å². The Kier molecular flexibility index (Phi) is 7.24. The fraction of sp³-hybridized carbons (Fsp3) is 0.400. The standard InChI is InChI=1S/C25H28N2O6/c28-23(27-13-10-17(11-14-27)32-16-24(29)30)9-12-26-25(31)33-15-22-20-7-3-1-5-18(20)19-6-2-4-8-21(19)22/h1-8,17,22H,9-16H2,(H,26,31)(H,29,30). The minimum Gasteiger partial charge on any atom is -0.480 e. The lowest BCUT2D eigenvalue weighted by Crippen LogP contribution is -2.42. The summed E-state index contributed by atoms with van der Waals surface area (Å²) in [6.45, 7) is 1.16. The average molecular weight is 453 g/mol. The third-order valence-electron chi connectivity index (χ3n) is 6.19. The molecule has 1 saturated heterocycles. The molecule has 0 radical (unpaired) electrons. The summed E-state index contributed by atoms with van der Waals surface area (Å²) >= 11 is 0. The maximum Gasteiger partial charge on any atom is 0.407 e. The second-order valence-electron chi connectivity index (χ2n) is 8.29. The van der Waals surface area contributed by atoms with E-state index in [0.29, 0.717) is 25.9 Å². The quantitative estimate of drug-likeness (QED) is 0.638. The van der Waals surface area contributed by atoms with E-state index in [-0.39, 0.29) is 44.1 Å². The molecule has 8 nitrogen and oxygen atoms in total. The zero-order chi connectivity index (χ0) is 23.2. The topological polar surface area (TPSA) is 105 Å². The van der Waals surface area contributed by atoms with Crippen molar-refractivity contribution in [3.8, 4) is 11.1 Å². The van der Waals surface area contributed by atoms with Gasteiger partial charge in [-0.1, -0.05) is 48.5 Å². The van der Waals surface area contributed by atoms with Crippen LogP contribution in [0.1, 0.15) is 36.3 Å². The summed E-state index contributed by atoms with van der Waals surface area (Å²) in [6, 6.07) is 16.3. The summed E-state index contributed by atoms with van der Waals surface area (Å²) < 4.78 is 10.8. The van der Waals surface area contributed by atoms with Crippen LogP contribution in [0.4, 0.5) is 4.79 Å². The second-order valence-corrected chi connectivity index (χ2v) is 8.29. The largest absolute Gasteiger partial charge is 0.480 e. The van der Waals surface area contributed by atoms with Gasteiger partial charge in [0.25, 0.3) is 0 Å². The lowest BCUT2D eigenvalue weighted by atomic mass is 9.98. The summed E-state index contributed by atoms with van der Waals surface area (Å²) in [6.07, 6.45) is 0.734. The van der Waals surface area contributed by atoms with Crippen molar-refractivity contribution in [1.29, 1.82) is 0 Å². The Morgan fingerprint density at radius 1 is 0.970 bits per heavy atom. The van der Waals surface area contributed by atoms with Crippen LogP contribution in [0.2, 0.25) is 0 Å². The fourth-order valence-corrected chi connectivity index (χ4v) is 4.54. The van der Waals surface area contributed by atoms with E-state index in [1.54, 1.807) is 4.90 Å². The van der Waals surface area contributed by atoms with Crippen LogP contribution in [0, 0.1) is 0 Å². The molecule has 1 aliphatic carbocycles. The number of carbonyl (C=O) groups excluding carboxylic acids is 2. The number of carboxylic acids is 1. The van der Waals surface area contributed by atoms with E-state index in [0.717, 1.165) is 11.1 Å². The number of alkyl carbamates (subject to hydrolysis) is 1. The molecule has 0 saturated carbocycles. The van der Waals surface area contributed by atoms with Gasteiger partial charge in [0, 0.05) is 32.0 Å². The summed E-state index contributed by atoms with van der Waals surface area (Å²) in [4.78, 5) is 36.9. The number of amides is 2. The molecule has 2 amide bonds. The van der Waals surface area contributed by atoms with Gasteiger partial charge >= 0.3 is 12.1 Å². The molecule has 2 aromatic carbocycles. The summed E-state index contributed by atoms with van der Waals surface area (Å²) in [5.41, 5.74) is 4.64. The SMILES string of the molecule is O=C(O)COC1CCN(C(=O)CCNC(=O)OCC2c3ccccc3-c3ccccc32)CC1. The molecule has 0 aromatic heterocycles. The maximum absolute atomic E-state index is 12.4. The molecule has 1 heterocycles. The number of carbonyl (C=O) groups is 3. The van der Waals surface area contributed by atoms with E-state index >= 15 is 0 Å². The first-order chi connectivity index (χ1) is 16.0. The van der Waals surface area contributed by atoms with Crippen LogP contribution in [0.5, 0.6) is 0 Å². The Balaban J connectivity index is 1.19. The predicted molar refractivity (Wildman–Crippen MR) is 121 cm³/mol. The molecule has 0 bridgehead atoms. The second kappa shape index (κ2) is 10.5. The zero-order valence-corrected chi connectivity index (χ0v) is 18.4. The van der Waals surface area contributed by atoms with Crippen molar-refractivity contribution in [2.24, 2.45) is 0 Å². The lowest BCUT2D eigenvalue weighted by Gasteiger charge is -2.31. The van der Waals surface area contributed by atoms with Crippen molar-refractivity contribution in [2.45, 2.75) is 31.3 Å². The van der Waals surface area contributed by atoms with Gasteiger partial charge in [-0.15, -0.1) is 0 Å². The number of piperidine rings is 1. The first-order valence-electron chi connectivity index (χ1n) is 11.2. The highest BCUT2D eigenvalue weighted by molar-refractivity contribution is 5.79. The van der Waals surface area contributed by atoms with Crippen LogP contribution in [-0.4, -0.2) is 66.9 Å². The van der Waals surface area contributed by atoms with E-state index < -0.39 is 12.1 Å². The van der Waals surface area contributed by atoms with Gasteiger partial charge in [0.05, 0.1) is 6.10 Å². The number of benzene rings is 2. The molecule has 4 rings (SSSR count). The van der Waals surface area contributed by atoms with Gasteiger partial charge in [-0.25, -0.2) is 9.59 Å². The number of fused-ring (bicyclic) bond motifs is 3. The predicted octanol–water partition coefficient (Wildman–Crippen LogP) is 3.01. The summed E-state index contributed by atoms with van der Waals surface area (Å²) in [5, 5.41) is 11.3. The minimum atomic E-state index is -0.993. The lowest BCUT2D eigenvalue weighted by molar-refractivity contribution is -0.146. The van der Waals surface area contributed by atoms with Crippen molar-refractivity contribution in [2.75, 3.05) is 32.8 Å². The van der Waals surface area contributed by atoms with E-state index in [9.17, 15) is 14.4 Å². The summed E-state index contributed by atoms with van der Waals surface area (Å²) in [7, 11) is 0. The van der Waals surface area contributed by atoms with Gasteiger partial charge in [0.2, 0.25) is 5.91 Å². The van der Waals surface area contributed by atoms with Crippen molar-refractivity contribution >= 4 is 18.0 Å². The summed E-state index contributed by atoms with van der Waals surface area (Å²) in [5.74, 6) is -1.05.